The van der Waals surface area contributed by atoms with Crippen LogP contribution in [-0.4, -0.2) is 44.4 Å². The van der Waals surface area contributed by atoms with E-state index in [9.17, 15) is 14.4 Å². The van der Waals surface area contributed by atoms with Crippen LogP contribution in [-0.2, 0) is 28.5 Å². The van der Waals surface area contributed by atoms with Gasteiger partial charge in [-0.15, -0.1) is 0 Å². The van der Waals surface area contributed by atoms with Crippen molar-refractivity contribution in [3.8, 4) is 0 Å². The van der Waals surface area contributed by atoms with E-state index in [0.29, 0.717) is 0 Å². The molecular weight excluding hydrogens is 248 g/mol. The molecule has 0 bridgehead atoms. The first-order chi connectivity index (χ1) is 8.49. The monoisotopic (exact) mass is 260 g/mol. The average Bonchev–Trinajstić information content (AvgIpc) is 2.72. The topological polar surface area (TPSA) is 97.4 Å². The molecule has 0 aromatic rings. The summed E-state index contributed by atoms with van der Waals surface area (Å²) in [6.07, 6.45) is -2.51. The normalized spacial score (nSPS) is 17.4. The fourth-order valence-corrected chi connectivity index (χ4v) is 0.904. The molecule has 8 nitrogen and oxygen atoms in total. The smallest absolute Gasteiger partial charge is 0.430 e. The Morgan fingerprint density at radius 2 is 2.11 bits per heavy atom. The number of hydrogen-bond donors (Lipinski definition) is 0. The number of carbonyl (C=O) groups is 3. The van der Waals surface area contributed by atoms with Crippen molar-refractivity contribution < 1.29 is 38.1 Å². The first-order valence-corrected chi connectivity index (χ1v) is 4.94. The summed E-state index contributed by atoms with van der Waals surface area (Å²) in [4.78, 5) is 32.4. The Bertz CT molecular complexity index is 361. The molecule has 1 aliphatic rings. The molecule has 8 heteroatoms. The lowest BCUT2D eigenvalue weighted by atomic mass is 10.4. The van der Waals surface area contributed by atoms with Crippen LogP contribution in [0.3, 0.4) is 0 Å². The predicted octanol–water partition coefficient (Wildman–Crippen LogP) is 0.752. The van der Waals surface area contributed by atoms with E-state index in [0.717, 1.165) is 0 Å². The van der Waals surface area contributed by atoms with Gasteiger partial charge in [-0.2, -0.15) is 0 Å². The van der Waals surface area contributed by atoms with Crippen molar-refractivity contribution in [2.75, 3.05) is 20.0 Å². The SMILES string of the molecule is C=C(C)C(=O)OCOC(=O)OCC1COC(=O)O1. The zero-order valence-electron chi connectivity index (χ0n) is 9.67. The first-order valence-electron chi connectivity index (χ1n) is 4.94. The number of cyclic esters (lactones) is 2. The highest BCUT2D eigenvalue weighted by Gasteiger charge is 2.26. The van der Waals surface area contributed by atoms with Gasteiger partial charge in [0.2, 0.25) is 6.79 Å². The van der Waals surface area contributed by atoms with Crippen LogP contribution in [0.1, 0.15) is 6.92 Å². The van der Waals surface area contributed by atoms with E-state index in [2.05, 4.69) is 30.3 Å². The maximum Gasteiger partial charge on any atom is 0.511 e. The van der Waals surface area contributed by atoms with Gasteiger partial charge in [-0.3, -0.25) is 0 Å². The molecular formula is C10H12O8. The molecule has 0 amide bonds. The van der Waals surface area contributed by atoms with Crippen LogP contribution in [0.25, 0.3) is 0 Å². The molecule has 1 fully saturated rings. The molecule has 0 saturated carbocycles. The third-order valence-corrected chi connectivity index (χ3v) is 1.75. The zero-order valence-corrected chi connectivity index (χ0v) is 9.67. The standard InChI is InChI=1S/C10H12O8/c1-6(2)8(11)16-5-17-9(12)14-3-7-4-15-10(13)18-7/h7H,1,3-5H2,2H3. The molecule has 0 aromatic carbocycles. The summed E-state index contributed by atoms with van der Waals surface area (Å²) in [5.41, 5.74) is 0.182. The van der Waals surface area contributed by atoms with Crippen molar-refractivity contribution in [1.29, 1.82) is 0 Å². The van der Waals surface area contributed by atoms with Gasteiger partial charge in [0.1, 0.15) is 13.2 Å². The number of ether oxygens (including phenoxy) is 5. The maximum absolute atomic E-state index is 11.0. The third kappa shape index (κ3) is 4.73. The molecule has 0 spiro atoms. The summed E-state index contributed by atoms with van der Waals surface area (Å²) >= 11 is 0. The molecule has 0 N–H and O–H groups in total. The van der Waals surface area contributed by atoms with E-state index < -0.39 is 31.2 Å². The molecule has 0 radical (unpaired) electrons. The summed E-state index contributed by atoms with van der Waals surface area (Å²) < 4.78 is 22.6. The van der Waals surface area contributed by atoms with E-state index in [1.807, 2.05) is 0 Å². The minimum Gasteiger partial charge on any atom is -0.430 e. The van der Waals surface area contributed by atoms with Gasteiger partial charge in [0.15, 0.2) is 6.10 Å². The van der Waals surface area contributed by atoms with E-state index in [4.69, 9.17) is 0 Å². The largest absolute Gasteiger partial charge is 0.511 e. The molecule has 1 atom stereocenters. The molecule has 100 valence electrons. The second-order valence-electron chi connectivity index (χ2n) is 3.34. The molecule has 1 heterocycles. The van der Waals surface area contributed by atoms with Crippen molar-refractivity contribution in [3.63, 3.8) is 0 Å². The lowest BCUT2D eigenvalue weighted by Crippen LogP contribution is -2.22. The van der Waals surface area contributed by atoms with Gasteiger partial charge in [-0.05, 0) is 6.92 Å². The van der Waals surface area contributed by atoms with E-state index in [1.165, 1.54) is 6.92 Å². The molecule has 1 rings (SSSR count). The summed E-state index contributed by atoms with van der Waals surface area (Å²) in [5.74, 6) is -0.680. The summed E-state index contributed by atoms with van der Waals surface area (Å²) in [7, 11) is 0. The Hall–Kier alpha value is -2.25. The van der Waals surface area contributed by atoms with Crippen molar-refractivity contribution in [2.24, 2.45) is 0 Å². The molecule has 1 aliphatic heterocycles. The highest BCUT2D eigenvalue weighted by atomic mass is 16.8. The predicted molar refractivity (Wildman–Crippen MR) is 54.4 cm³/mol. The fraction of sp³-hybridized carbons (Fsp3) is 0.500. The van der Waals surface area contributed by atoms with Crippen LogP contribution < -0.4 is 0 Å². The highest BCUT2D eigenvalue weighted by Crippen LogP contribution is 2.06. The van der Waals surface area contributed by atoms with Gasteiger partial charge >= 0.3 is 18.3 Å². The number of hydrogen-bond acceptors (Lipinski definition) is 8. The second-order valence-corrected chi connectivity index (χ2v) is 3.34. The quantitative estimate of drug-likeness (QED) is 0.309. The minimum atomic E-state index is -1.05. The lowest BCUT2D eigenvalue weighted by molar-refractivity contribution is -0.148. The number of rotatable bonds is 5. The Kier molecular flexibility index (Phi) is 4.97. The van der Waals surface area contributed by atoms with Crippen molar-refractivity contribution >= 4 is 18.3 Å². The maximum atomic E-state index is 11.0. The molecule has 0 aliphatic carbocycles. The lowest BCUT2D eigenvalue weighted by Gasteiger charge is -2.08. The van der Waals surface area contributed by atoms with Crippen LogP contribution >= 0.6 is 0 Å². The zero-order chi connectivity index (χ0) is 13.5. The van der Waals surface area contributed by atoms with Gasteiger partial charge in [0.05, 0.1) is 0 Å². The van der Waals surface area contributed by atoms with Crippen molar-refractivity contribution in [3.05, 3.63) is 12.2 Å². The molecule has 0 aromatic heterocycles. The molecule has 1 unspecified atom stereocenters. The van der Waals surface area contributed by atoms with Gasteiger partial charge in [-0.25, -0.2) is 14.4 Å². The molecule has 18 heavy (non-hydrogen) atoms. The Labute approximate surface area is 102 Å². The Balaban J connectivity index is 2.09. The van der Waals surface area contributed by atoms with E-state index in [1.54, 1.807) is 0 Å². The van der Waals surface area contributed by atoms with Crippen LogP contribution in [0, 0.1) is 0 Å². The fourth-order valence-electron chi connectivity index (χ4n) is 0.904. The van der Waals surface area contributed by atoms with Gasteiger partial charge in [0.25, 0.3) is 0 Å². The Morgan fingerprint density at radius 3 is 2.67 bits per heavy atom. The average molecular weight is 260 g/mol. The highest BCUT2D eigenvalue weighted by molar-refractivity contribution is 5.86. The van der Waals surface area contributed by atoms with E-state index >= 15 is 0 Å². The van der Waals surface area contributed by atoms with Crippen molar-refractivity contribution in [2.45, 2.75) is 13.0 Å². The van der Waals surface area contributed by atoms with Crippen LogP contribution in [0.15, 0.2) is 12.2 Å². The minimum absolute atomic E-state index is 0.0107. The van der Waals surface area contributed by atoms with Gasteiger partial charge < -0.3 is 23.7 Å². The third-order valence-electron chi connectivity index (χ3n) is 1.75. The second kappa shape index (κ2) is 6.48. The van der Waals surface area contributed by atoms with Crippen LogP contribution in [0.5, 0.6) is 0 Å². The van der Waals surface area contributed by atoms with Gasteiger partial charge in [-0.1, -0.05) is 6.58 Å². The van der Waals surface area contributed by atoms with E-state index in [-0.39, 0.29) is 18.8 Å². The van der Waals surface area contributed by atoms with Crippen LogP contribution in [0.2, 0.25) is 0 Å². The summed E-state index contributed by atoms with van der Waals surface area (Å²) in [5, 5.41) is 0. The summed E-state index contributed by atoms with van der Waals surface area (Å²) in [6.45, 7) is 4.03. The first kappa shape index (κ1) is 13.8. The van der Waals surface area contributed by atoms with Crippen molar-refractivity contribution in [1.82, 2.24) is 0 Å². The van der Waals surface area contributed by atoms with Gasteiger partial charge in [0, 0.05) is 5.57 Å². The number of esters is 1. The molecule has 1 saturated heterocycles. The van der Waals surface area contributed by atoms with Crippen LogP contribution in [0.4, 0.5) is 9.59 Å². The summed E-state index contributed by atoms with van der Waals surface area (Å²) in [6, 6.07) is 0. The Morgan fingerprint density at radius 1 is 1.39 bits per heavy atom. The number of carbonyl (C=O) groups excluding carboxylic acids is 3.